The summed E-state index contributed by atoms with van der Waals surface area (Å²) in [6, 6.07) is 7.96. The van der Waals surface area contributed by atoms with Crippen molar-refractivity contribution in [2.75, 3.05) is 5.75 Å². The minimum Gasteiger partial charge on any atom is -0.444 e. The highest BCUT2D eigenvalue weighted by Crippen LogP contribution is 2.33. The zero-order valence-electron chi connectivity index (χ0n) is 19.0. The standard InChI is InChI=1S/C23H29N3O5S/c1-6-32(29,30)18-9-7-16(8-10-18)12-25-21(27)17-11-19-15(2)26(14-20(19)24-13-17)22(28)31-23(3,4)5/h7-11,13,15H,6,12,14H2,1-5H3,(H,25,27). The second-order valence-corrected chi connectivity index (χ2v) is 11.1. The minimum atomic E-state index is -3.25. The van der Waals surface area contributed by atoms with E-state index in [1.165, 1.54) is 6.20 Å². The molecule has 1 aromatic heterocycles. The Morgan fingerprint density at radius 3 is 2.47 bits per heavy atom. The Balaban J connectivity index is 1.66. The maximum Gasteiger partial charge on any atom is 0.411 e. The van der Waals surface area contributed by atoms with Crippen molar-refractivity contribution in [1.82, 2.24) is 15.2 Å². The minimum absolute atomic E-state index is 0.0399. The SMILES string of the molecule is CCS(=O)(=O)c1ccc(CNC(=O)c2cnc3c(c2)C(C)N(C(=O)OC(C)(C)C)C3)cc1. The van der Waals surface area contributed by atoms with Crippen LogP contribution in [0, 0.1) is 0 Å². The highest BCUT2D eigenvalue weighted by atomic mass is 32.2. The molecule has 2 heterocycles. The molecule has 3 rings (SSSR count). The van der Waals surface area contributed by atoms with Crippen molar-refractivity contribution in [2.45, 2.75) is 64.2 Å². The molecule has 0 saturated heterocycles. The van der Waals surface area contributed by atoms with Crippen LogP contribution >= 0.6 is 0 Å². The summed E-state index contributed by atoms with van der Waals surface area (Å²) in [6.07, 6.45) is 1.08. The second kappa shape index (κ2) is 8.90. The Morgan fingerprint density at radius 2 is 1.88 bits per heavy atom. The Kier molecular flexibility index (Phi) is 6.59. The quantitative estimate of drug-likeness (QED) is 0.732. The Morgan fingerprint density at radius 1 is 1.22 bits per heavy atom. The van der Waals surface area contributed by atoms with E-state index in [0.717, 1.165) is 16.8 Å². The van der Waals surface area contributed by atoms with Gasteiger partial charge in [0.2, 0.25) is 0 Å². The van der Waals surface area contributed by atoms with Gasteiger partial charge in [0.05, 0.1) is 34.5 Å². The molecule has 0 aliphatic carbocycles. The van der Waals surface area contributed by atoms with Gasteiger partial charge < -0.3 is 10.1 Å². The lowest BCUT2D eigenvalue weighted by atomic mass is 10.1. The predicted octanol–water partition coefficient (Wildman–Crippen LogP) is 3.62. The molecule has 1 aliphatic heterocycles. The zero-order chi connectivity index (χ0) is 23.7. The van der Waals surface area contributed by atoms with Crippen LogP contribution in [0.4, 0.5) is 4.79 Å². The molecule has 0 spiro atoms. The van der Waals surface area contributed by atoms with Gasteiger partial charge in [-0.25, -0.2) is 13.2 Å². The molecule has 9 heteroatoms. The van der Waals surface area contributed by atoms with E-state index in [9.17, 15) is 18.0 Å². The third kappa shape index (κ3) is 5.27. The van der Waals surface area contributed by atoms with E-state index in [2.05, 4.69) is 10.3 Å². The summed E-state index contributed by atoms with van der Waals surface area (Å²) in [5.74, 6) is -0.258. The number of hydrogen-bond acceptors (Lipinski definition) is 6. The van der Waals surface area contributed by atoms with Gasteiger partial charge in [-0.15, -0.1) is 0 Å². The number of hydrogen-bond donors (Lipinski definition) is 1. The lowest BCUT2D eigenvalue weighted by Crippen LogP contribution is -2.35. The number of nitrogens with one attached hydrogen (secondary N) is 1. The van der Waals surface area contributed by atoms with Crippen LogP contribution in [0.2, 0.25) is 0 Å². The van der Waals surface area contributed by atoms with Gasteiger partial charge >= 0.3 is 6.09 Å². The van der Waals surface area contributed by atoms with Crippen LogP contribution in [0.25, 0.3) is 0 Å². The summed E-state index contributed by atoms with van der Waals surface area (Å²) in [4.78, 5) is 31.4. The van der Waals surface area contributed by atoms with Gasteiger partial charge in [-0.3, -0.25) is 14.7 Å². The van der Waals surface area contributed by atoms with Crippen molar-refractivity contribution in [1.29, 1.82) is 0 Å². The molecule has 1 aromatic carbocycles. The lowest BCUT2D eigenvalue weighted by Gasteiger charge is -2.27. The first-order valence-electron chi connectivity index (χ1n) is 10.5. The van der Waals surface area contributed by atoms with Crippen molar-refractivity contribution in [3.63, 3.8) is 0 Å². The number of carbonyl (C=O) groups excluding carboxylic acids is 2. The normalized spacial score (nSPS) is 15.9. The monoisotopic (exact) mass is 459 g/mol. The third-order valence-corrected chi connectivity index (χ3v) is 7.00. The van der Waals surface area contributed by atoms with E-state index in [1.807, 2.05) is 27.7 Å². The first-order chi connectivity index (χ1) is 14.9. The topological polar surface area (TPSA) is 106 Å². The maximum absolute atomic E-state index is 12.6. The predicted molar refractivity (Wildman–Crippen MR) is 120 cm³/mol. The fraction of sp³-hybridized carbons (Fsp3) is 0.435. The number of rotatable bonds is 5. The number of ether oxygens (including phenoxy) is 1. The van der Waals surface area contributed by atoms with Crippen LogP contribution in [0.5, 0.6) is 0 Å². The van der Waals surface area contributed by atoms with Gasteiger partial charge in [-0.2, -0.15) is 0 Å². The molecular formula is C23H29N3O5S. The molecule has 8 nitrogen and oxygen atoms in total. The highest BCUT2D eigenvalue weighted by Gasteiger charge is 2.34. The molecule has 2 aromatic rings. The first-order valence-corrected chi connectivity index (χ1v) is 12.1. The second-order valence-electron chi connectivity index (χ2n) is 8.77. The Bertz CT molecular complexity index is 1120. The Hall–Kier alpha value is -2.94. The molecule has 0 saturated carbocycles. The van der Waals surface area contributed by atoms with Crippen LogP contribution in [0.15, 0.2) is 41.4 Å². The summed E-state index contributed by atoms with van der Waals surface area (Å²) in [6.45, 7) is 9.51. The van der Waals surface area contributed by atoms with Gasteiger partial charge in [0.15, 0.2) is 9.84 Å². The van der Waals surface area contributed by atoms with Gasteiger partial charge in [-0.1, -0.05) is 19.1 Å². The molecular weight excluding hydrogens is 430 g/mol. The summed E-state index contributed by atoms with van der Waals surface area (Å²) in [5, 5.41) is 2.82. The van der Waals surface area contributed by atoms with E-state index in [-0.39, 0.29) is 29.1 Å². The highest BCUT2D eigenvalue weighted by molar-refractivity contribution is 7.91. The summed E-state index contributed by atoms with van der Waals surface area (Å²) in [5.41, 5.74) is 2.15. The molecule has 1 unspecified atom stereocenters. The van der Waals surface area contributed by atoms with Crippen LogP contribution in [-0.2, 0) is 27.7 Å². The molecule has 1 atom stereocenters. The van der Waals surface area contributed by atoms with E-state index < -0.39 is 21.5 Å². The number of sulfone groups is 1. The van der Waals surface area contributed by atoms with Crippen LogP contribution in [0.1, 0.15) is 67.8 Å². The molecule has 2 amide bonds. The van der Waals surface area contributed by atoms with Crippen molar-refractivity contribution in [2.24, 2.45) is 0 Å². The van der Waals surface area contributed by atoms with Crippen molar-refractivity contribution < 1.29 is 22.7 Å². The van der Waals surface area contributed by atoms with E-state index >= 15 is 0 Å². The van der Waals surface area contributed by atoms with Crippen LogP contribution in [0.3, 0.4) is 0 Å². The average Bonchev–Trinajstić information content (AvgIpc) is 3.07. The van der Waals surface area contributed by atoms with Gasteiger partial charge in [0.25, 0.3) is 5.91 Å². The number of fused-ring (bicyclic) bond motifs is 1. The molecule has 172 valence electrons. The number of nitrogens with zero attached hydrogens (tertiary/aromatic N) is 2. The van der Waals surface area contributed by atoms with Gasteiger partial charge in [0, 0.05) is 12.7 Å². The first kappa shape index (κ1) is 23.7. The number of pyridine rings is 1. The van der Waals surface area contributed by atoms with E-state index in [4.69, 9.17) is 4.74 Å². The van der Waals surface area contributed by atoms with Gasteiger partial charge in [0.1, 0.15) is 5.60 Å². The maximum atomic E-state index is 12.6. The smallest absolute Gasteiger partial charge is 0.411 e. The van der Waals surface area contributed by atoms with Crippen molar-refractivity contribution >= 4 is 21.8 Å². The van der Waals surface area contributed by atoms with Crippen molar-refractivity contribution in [3.05, 3.63) is 58.9 Å². The van der Waals surface area contributed by atoms with Crippen molar-refractivity contribution in [3.8, 4) is 0 Å². The number of carbonyl (C=O) groups is 2. The molecule has 1 N–H and O–H groups in total. The number of aromatic nitrogens is 1. The molecule has 0 fully saturated rings. The molecule has 1 aliphatic rings. The molecule has 0 radical (unpaired) electrons. The fourth-order valence-corrected chi connectivity index (χ4v) is 4.29. The number of benzene rings is 1. The van der Waals surface area contributed by atoms with E-state index in [0.29, 0.717) is 12.1 Å². The van der Waals surface area contributed by atoms with Crippen LogP contribution < -0.4 is 5.32 Å². The zero-order valence-corrected chi connectivity index (χ0v) is 19.8. The van der Waals surface area contributed by atoms with Gasteiger partial charge in [-0.05, 0) is 57.0 Å². The molecule has 32 heavy (non-hydrogen) atoms. The lowest BCUT2D eigenvalue weighted by molar-refractivity contribution is 0.0186. The largest absolute Gasteiger partial charge is 0.444 e. The fourth-order valence-electron chi connectivity index (χ4n) is 3.40. The summed E-state index contributed by atoms with van der Waals surface area (Å²) >= 11 is 0. The van der Waals surface area contributed by atoms with Crippen LogP contribution in [-0.4, -0.2) is 41.7 Å². The van der Waals surface area contributed by atoms with E-state index in [1.54, 1.807) is 42.2 Å². The molecule has 0 bridgehead atoms. The summed E-state index contributed by atoms with van der Waals surface area (Å²) < 4.78 is 29.3. The third-order valence-electron chi connectivity index (χ3n) is 5.25. The number of amides is 2. The average molecular weight is 460 g/mol. The Labute approximate surface area is 188 Å². The summed E-state index contributed by atoms with van der Waals surface area (Å²) in [7, 11) is -3.25.